The van der Waals surface area contributed by atoms with Crippen LogP contribution in [0.2, 0.25) is 0 Å². The summed E-state index contributed by atoms with van der Waals surface area (Å²) in [6, 6.07) is 106. The van der Waals surface area contributed by atoms with Crippen molar-refractivity contribution in [3.05, 3.63) is 315 Å². The highest BCUT2D eigenvalue weighted by molar-refractivity contribution is 6.18. The van der Waals surface area contributed by atoms with Crippen molar-refractivity contribution in [3.63, 3.8) is 0 Å². The molecule has 22 rings (SSSR count). The topological polar surface area (TPSA) is 115 Å². The Hall–Kier alpha value is -14.2. The molecule has 0 aliphatic heterocycles. The van der Waals surface area contributed by atoms with Gasteiger partial charge < -0.3 is 41.4 Å². The van der Waals surface area contributed by atoms with Crippen molar-refractivity contribution in [3.8, 4) is 46.0 Å². The van der Waals surface area contributed by atoms with E-state index in [1.54, 1.807) is 0 Å². The van der Waals surface area contributed by atoms with Gasteiger partial charge in [0.15, 0.2) is 0 Å². The maximum atomic E-state index is 13.4. The van der Waals surface area contributed by atoms with Crippen LogP contribution in [-0.2, 0) is 13.1 Å². The number of para-hydroxylation sites is 9. The number of ether oxygens (including phenoxy) is 2. The van der Waals surface area contributed by atoms with Gasteiger partial charge in [-0.15, -0.1) is 0 Å². The normalized spacial score (nSPS) is 12.1. The number of pyridine rings is 3. The van der Waals surface area contributed by atoms with Crippen LogP contribution in [-0.4, -0.2) is 60.1 Å². The molecule has 0 aliphatic rings. The van der Waals surface area contributed by atoms with E-state index in [9.17, 15) is 5.26 Å². The summed E-state index contributed by atoms with van der Waals surface area (Å²) in [6.45, 7) is 2.12. The molecule has 12 aromatic carbocycles. The van der Waals surface area contributed by atoms with Gasteiger partial charge in [-0.1, -0.05) is 164 Å². The Labute approximate surface area is 598 Å². The molecule has 13 nitrogen and oxygen atoms in total. The van der Waals surface area contributed by atoms with E-state index in [0.717, 1.165) is 138 Å². The second kappa shape index (κ2) is 22.9. The average molecular weight is 1350 g/mol. The molecule has 0 saturated heterocycles. The van der Waals surface area contributed by atoms with Gasteiger partial charge in [0, 0.05) is 99.9 Å². The molecular weight excluding hydrogens is 1290 g/mol. The third-order valence-corrected chi connectivity index (χ3v) is 21.7. The number of hydrogen-bond acceptors (Lipinski definition) is 6. The molecule has 0 unspecified atom stereocenters. The first kappa shape index (κ1) is 58.6. The molecule has 0 atom stereocenters. The molecule has 0 fully saturated rings. The molecular formula is C92H59N11O2. The number of nitrogens with zero attached hydrogens (tertiary/aromatic N) is 11. The zero-order chi connectivity index (χ0) is 69.0. The zero-order valence-electron chi connectivity index (χ0n) is 56.5. The van der Waals surface area contributed by atoms with Crippen molar-refractivity contribution in [2.75, 3.05) is 13.2 Å². The monoisotopic (exact) mass is 1350 g/mol. The van der Waals surface area contributed by atoms with Gasteiger partial charge in [-0.2, -0.15) is 5.26 Å². The molecule has 0 aliphatic carbocycles. The summed E-state index contributed by atoms with van der Waals surface area (Å²) in [6.07, 6.45) is 5.61. The third kappa shape index (κ3) is 8.47. The van der Waals surface area contributed by atoms with Crippen LogP contribution in [0.4, 0.5) is 0 Å². The Balaban J connectivity index is 0.882. The van der Waals surface area contributed by atoms with Crippen LogP contribution < -0.4 is 9.47 Å². The second-order valence-electron chi connectivity index (χ2n) is 27.0. The fourth-order valence-electron chi connectivity index (χ4n) is 17.5. The van der Waals surface area contributed by atoms with Crippen LogP contribution in [0.5, 0.6) is 11.5 Å². The van der Waals surface area contributed by atoms with Gasteiger partial charge in [-0.3, -0.25) is 15.0 Å². The van der Waals surface area contributed by atoms with Crippen molar-refractivity contribution in [2.24, 2.45) is 0 Å². The van der Waals surface area contributed by atoms with Gasteiger partial charge in [0.2, 0.25) is 0 Å². The molecule has 10 aromatic heterocycles. The summed E-state index contributed by atoms with van der Waals surface area (Å²) in [5.74, 6) is 1.48. The van der Waals surface area contributed by atoms with Crippen LogP contribution in [0, 0.1) is 11.3 Å². The maximum Gasteiger partial charge on any atom is 0.120 e. The van der Waals surface area contributed by atoms with E-state index >= 15 is 0 Å². The quantitative estimate of drug-likeness (QED) is 0.114. The van der Waals surface area contributed by atoms with Gasteiger partial charge in [0.25, 0.3) is 0 Å². The minimum Gasteiger partial charge on any atom is -0.492 e. The molecule has 10 heterocycles. The summed E-state index contributed by atoms with van der Waals surface area (Å²) >= 11 is 0. The van der Waals surface area contributed by atoms with Crippen LogP contribution in [0.3, 0.4) is 0 Å². The molecule has 0 saturated carbocycles. The molecule has 0 bridgehead atoms. The number of rotatable bonds is 13. The Morgan fingerprint density at radius 3 is 0.829 bits per heavy atom. The van der Waals surface area contributed by atoms with E-state index in [2.05, 4.69) is 311 Å². The van der Waals surface area contributed by atoms with E-state index in [4.69, 9.17) is 24.4 Å². The van der Waals surface area contributed by atoms with Crippen molar-refractivity contribution in [1.82, 2.24) is 46.9 Å². The Morgan fingerprint density at radius 2 is 0.495 bits per heavy atom. The van der Waals surface area contributed by atoms with E-state index in [-0.39, 0.29) is 0 Å². The third-order valence-electron chi connectivity index (χ3n) is 21.7. The van der Waals surface area contributed by atoms with Crippen LogP contribution >= 0.6 is 0 Å². The first-order valence-corrected chi connectivity index (χ1v) is 35.6. The van der Waals surface area contributed by atoms with Crippen molar-refractivity contribution in [1.29, 1.82) is 5.26 Å². The number of hydrogen-bond donors (Lipinski definition) is 0. The maximum absolute atomic E-state index is 13.4. The molecule has 0 radical (unpaired) electrons. The largest absolute Gasteiger partial charge is 0.492 e. The fourth-order valence-corrected chi connectivity index (χ4v) is 17.5. The smallest absolute Gasteiger partial charge is 0.120 e. The zero-order valence-corrected chi connectivity index (χ0v) is 56.5. The molecule has 105 heavy (non-hydrogen) atoms. The van der Waals surface area contributed by atoms with Crippen molar-refractivity contribution < 1.29 is 9.47 Å². The first-order chi connectivity index (χ1) is 52.1. The summed E-state index contributed by atoms with van der Waals surface area (Å²) in [5.41, 5.74) is 19.9. The SMILES string of the molecule is N#Cc1c(-n2c3ccccc3c3ncccc32)c(-n2c3ccccc3c3cc(OCCn4c5ccccc5c5ccccc54)ccc32)c(-n2c3ccccc3c3ncccc32)c(-n2c3ccccc3c3cc(OCCn4c5ccccc5c5ccccc54)ccc32)c1-n1c2ccccc2c2ncccc21. The van der Waals surface area contributed by atoms with Gasteiger partial charge >= 0.3 is 0 Å². The lowest BCUT2D eigenvalue weighted by molar-refractivity contribution is 0.302. The predicted octanol–water partition coefficient (Wildman–Crippen LogP) is 21.6. The average Bonchev–Trinajstić information content (AvgIpc) is 1.57. The van der Waals surface area contributed by atoms with Crippen LogP contribution in [0.1, 0.15) is 5.56 Å². The van der Waals surface area contributed by atoms with Crippen molar-refractivity contribution in [2.45, 2.75) is 13.1 Å². The standard InChI is InChI=1S/C92H59N11O2/c93-56-70-88(101-77-37-16-7-28-65(77)85-82(101)40-19-47-94-85)90(99-75-35-14-5-26-63(75)68-54-57(43-45-80(68)99)104-52-50-97-71-31-10-1-22-59(71)60-23-2-11-32-72(60)97)92(103-79-39-18-9-30-67(79)87-84(103)42-21-49-96-87)91(89(70)102-78-38-17-8-29-66(78)86-83(102)41-20-48-95-86)100-76-36-15-6-27-64(76)69-55-58(44-46-81(69)100)105-53-51-98-73-33-12-3-24-61(73)62-25-4-13-34-74(62)98/h1-49,54-55H,50-53H2. The highest BCUT2D eigenvalue weighted by Crippen LogP contribution is 2.52. The minimum atomic E-state index is 0.410. The Morgan fingerprint density at radius 1 is 0.248 bits per heavy atom. The highest BCUT2D eigenvalue weighted by atomic mass is 16.5. The van der Waals surface area contributed by atoms with E-state index < -0.39 is 0 Å². The molecule has 0 N–H and O–H groups in total. The van der Waals surface area contributed by atoms with Crippen LogP contribution in [0.25, 0.3) is 181 Å². The Bertz CT molecular complexity index is 6830. The lowest BCUT2D eigenvalue weighted by Gasteiger charge is -2.30. The second-order valence-corrected chi connectivity index (χ2v) is 27.0. The van der Waals surface area contributed by atoms with Gasteiger partial charge in [0.1, 0.15) is 36.3 Å². The molecule has 0 spiro atoms. The summed E-state index contributed by atoms with van der Waals surface area (Å²) in [4.78, 5) is 15.7. The number of fused-ring (bicyclic) bond motifs is 21. The molecule has 13 heteroatoms. The van der Waals surface area contributed by atoms with Crippen molar-refractivity contribution >= 4 is 153 Å². The minimum absolute atomic E-state index is 0.410. The van der Waals surface area contributed by atoms with Gasteiger partial charge in [0.05, 0.1) is 113 Å². The lowest BCUT2D eigenvalue weighted by atomic mass is 10.0. The molecule has 494 valence electrons. The summed E-state index contributed by atoms with van der Waals surface area (Å²) < 4.78 is 30.6. The number of nitriles is 1. The van der Waals surface area contributed by atoms with Gasteiger partial charge in [-0.05, 0) is 127 Å². The van der Waals surface area contributed by atoms with E-state index in [0.29, 0.717) is 43.2 Å². The van der Waals surface area contributed by atoms with E-state index in [1.807, 2.05) is 36.8 Å². The van der Waals surface area contributed by atoms with Gasteiger partial charge in [-0.25, -0.2) is 0 Å². The number of aromatic nitrogens is 10. The van der Waals surface area contributed by atoms with Crippen LogP contribution in [0.15, 0.2) is 310 Å². The number of benzene rings is 12. The Kier molecular flexibility index (Phi) is 12.8. The van der Waals surface area contributed by atoms with E-state index in [1.165, 1.54) is 43.6 Å². The highest BCUT2D eigenvalue weighted by Gasteiger charge is 2.37. The fraction of sp³-hybridized carbons (Fsp3) is 0.0435. The first-order valence-electron chi connectivity index (χ1n) is 35.6. The summed E-state index contributed by atoms with van der Waals surface area (Å²) in [7, 11) is 0. The summed E-state index contributed by atoms with van der Waals surface area (Å²) in [5, 5.41) is 25.1. The predicted molar refractivity (Wildman–Crippen MR) is 426 cm³/mol. The molecule has 0 amide bonds. The lowest BCUT2D eigenvalue weighted by Crippen LogP contribution is -2.18. The molecule has 22 aromatic rings.